The summed E-state index contributed by atoms with van der Waals surface area (Å²) in [5, 5.41) is 1.06. The quantitative estimate of drug-likeness (QED) is 0.740. The third-order valence-electron chi connectivity index (χ3n) is 2.96. The molecule has 0 spiro atoms. The molecule has 88 valence electrons. The second kappa shape index (κ2) is 4.55. The Kier molecular flexibility index (Phi) is 2.74. The molecule has 0 aliphatic rings. The Labute approximate surface area is 105 Å². The highest BCUT2D eigenvalue weighted by molar-refractivity contribution is 5.81. The maximum Gasteiger partial charge on any atom is 0.117 e. The lowest BCUT2D eigenvalue weighted by Gasteiger charge is -2.03. The zero-order valence-electron chi connectivity index (χ0n) is 10.0. The van der Waals surface area contributed by atoms with E-state index >= 15 is 0 Å². The Balaban J connectivity index is 2.15. The van der Waals surface area contributed by atoms with Crippen molar-refractivity contribution in [3.63, 3.8) is 0 Å². The van der Waals surface area contributed by atoms with Gasteiger partial charge in [0.05, 0.1) is 16.9 Å². The van der Waals surface area contributed by atoms with Crippen LogP contribution in [0.15, 0.2) is 54.7 Å². The number of pyridine rings is 2. The molecule has 0 atom stereocenters. The van der Waals surface area contributed by atoms with Crippen LogP contribution in [0, 0.1) is 0 Å². The zero-order valence-corrected chi connectivity index (χ0v) is 10.0. The molecule has 0 saturated carbocycles. The van der Waals surface area contributed by atoms with Gasteiger partial charge in [-0.25, -0.2) is 4.98 Å². The van der Waals surface area contributed by atoms with Crippen LogP contribution in [0.3, 0.4) is 0 Å². The van der Waals surface area contributed by atoms with E-state index in [0.29, 0.717) is 6.54 Å². The van der Waals surface area contributed by atoms with Crippen LogP contribution in [-0.2, 0) is 6.54 Å². The average Bonchev–Trinajstić information content (AvgIpc) is 2.47. The first-order chi connectivity index (χ1) is 8.86. The summed E-state index contributed by atoms with van der Waals surface area (Å²) in [6.07, 6.45) is 1.86. The zero-order chi connectivity index (χ0) is 12.4. The van der Waals surface area contributed by atoms with Crippen LogP contribution in [-0.4, -0.2) is 9.97 Å². The highest BCUT2D eigenvalue weighted by Crippen LogP contribution is 2.20. The molecule has 3 rings (SSSR count). The van der Waals surface area contributed by atoms with Crippen molar-refractivity contribution in [3.05, 3.63) is 60.4 Å². The van der Waals surface area contributed by atoms with Crippen LogP contribution < -0.4 is 5.73 Å². The van der Waals surface area contributed by atoms with Gasteiger partial charge in [-0.3, -0.25) is 4.98 Å². The van der Waals surface area contributed by atoms with Gasteiger partial charge in [-0.05, 0) is 18.2 Å². The van der Waals surface area contributed by atoms with Gasteiger partial charge in [0.15, 0.2) is 0 Å². The monoisotopic (exact) mass is 236 g/mol. The number of hydrogen-bond donors (Lipinski definition) is 1. The molecule has 0 unspecified atom stereocenters. The second-order valence-corrected chi connectivity index (χ2v) is 4.18. The SMILES string of the molecule is [NH3+]Cc1cc2nc(-c3ccccc3)ccc2cn1. The van der Waals surface area contributed by atoms with E-state index in [1.807, 2.05) is 36.5 Å². The molecule has 1 aromatic carbocycles. The largest absolute Gasteiger partial charge is 0.353 e. The van der Waals surface area contributed by atoms with E-state index in [4.69, 9.17) is 0 Å². The number of hydrogen-bond acceptors (Lipinski definition) is 2. The Hall–Kier alpha value is -2.26. The van der Waals surface area contributed by atoms with E-state index in [9.17, 15) is 0 Å². The third-order valence-corrected chi connectivity index (χ3v) is 2.96. The summed E-state index contributed by atoms with van der Waals surface area (Å²) in [6.45, 7) is 0.688. The predicted molar refractivity (Wildman–Crippen MR) is 71.6 cm³/mol. The fourth-order valence-electron chi connectivity index (χ4n) is 1.96. The Morgan fingerprint density at radius 2 is 1.83 bits per heavy atom. The lowest BCUT2D eigenvalue weighted by molar-refractivity contribution is -0.387. The molecule has 0 aliphatic carbocycles. The fraction of sp³-hybridized carbons (Fsp3) is 0.0667. The van der Waals surface area contributed by atoms with E-state index < -0.39 is 0 Å². The summed E-state index contributed by atoms with van der Waals surface area (Å²) in [7, 11) is 0. The van der Waals surface area contributed by atoms with Crippen molar-refractivity contribution in [2.24, 2.45) is 0 Å². The Morgan fingerprint density at radius 3 is 2.61 bits per heavy atom. The summed E-state index contributed by atoms with van der Waals surface area (Å²) in [4.78, 5) is 9.01. The molecule has 0 bridgehead atoms. The molecule has 0 saturated heterocycles. The summed E-state index contributed by atoms with van der Waals surface area (Å²) >= 11 is 0. The van der Waals surface area contributed by atoms with E-state index in [-0.39, 0.29) is 0 Å². The maximum atomic E-state index is 4.69. The molecular weight excluding hydrogens is 222 g/mol. The summed E-state index contributed by atoms with van der Waals surface area (Å²) in [6, 6.07) is 16.3. The van der Waals surface area contributed by atoms with Crippen LogP contribution >= 0.6 is 0 Å². The first-order valence-electron chi connectivity index (χ1n) is 5.97. The van der Waals surface area contributed by atoms with Crippen molar-refractivity contribution in [1.82, 2.24) is 9.97 Å². The van der Waals surface area contributed by atoms with Crippen molar-refractivity contribution in [3.8, 4) is 11.3 Å². The molecule has 3 N–H and O–H groups in total. The summed E-state index contributed by atoms with van der Waals surface area (Å²) in [5.41, 5.74) is 7.92. The van der Waals surface area contributed by atoms with Crippen LogP contribution in [0.2, 0.25) is 0 Å². The van der Waals surface area contributed by atoms with Gasteiger partial charge in [0.1, 0.15) is 6.54 Å². The van der Waals surface area contributed by atoms with Gasteiger partial charge < -0.3 is 5.73 Å². The highest BCUT2D eigenvalue weighted by atomic mass is 14.8. The molecule has 2 heterocycles. The van der Waals surface area contributed by atoms with E-state index in [1.165, 1.54) is 0 Å². The molecule has 3 heteroatoms. The lowest BCUT2D eigenvalue weighted by Crippen LogP contribution is -2.47. The number of aromatic nitrogens is 2. The molecular formula is C15H14N3+. The van der Waals surface area contributed by atoms with Crippen molar-refractivity contribution in [1.29, 1.82) is 0 Å². The Morgan fingerprint density at radius 1 is 1.00 bits per heavy atom. The first kappa shape index (κ1) is 10.9. The number of rotatable bonds is 2. The lowest BCUT2D eigenvalue weighted by atomic mass is 10.1. The molecule has 0 fully saturated rings. The standard InChI is InChI=1S/C15H13N3/c16-9-13-8-15-12(10-17-13)6-7-14(18-15)11-4-2-1-3-5-11/h1-8,10H,9,16H2/p+1. The van der Waals surface area contributed by atoms with Crippen LogP contribution in [0.4, 0.5) is 0 Å². The smallest absolute Gasteiger partial charge is 0.117 e. The van der Waals surface area contributed by atoms with E-state index in [0.717, 1.165) is 27.9 Å². The molecule has 3 aromatic rings. The van der Waals surface area contributed by atoms with Gasteiger partial charge in [-0.2, -0.15) is 0 Å². The normalized spacial score (nSPS) is 10.7. The number of benzene rings is 1. The van der Waals surface area contributed by atoms with Gasteiger partial charge in [-0.15, -0.1) is 0 Å². The molecule has 18 heavy (non-hydrogen) atoms. The molecule has 0 radical (unpaired) electrons. The van der Waals surface area contributed by atoms with Gasteiger partial charge in [0, 0.05) is 17.1 Å². The van der Waals surface area contributed by atoms with Crippen LogP contribution in [0.25, 0.3) is 22.2 Å². The van der Waals surface area contributed by atoms with E-state index in [1.54, 1.807) is 0 Å². The van der Waals surface area contributed by atoms with Gasteiger partial charge in [-0.1, -0.05) is 30.3 Å². The number of quaternary nitrogens is 1. The van der Waals surface area contributed by atoms with Crippen molar-refractivity contribution in [2.45, 2.75) is 6.54 Å². The van der Waals surface area contributed by atoms with Crippen LogP contribution in [0.5, 0.6) is 0 Å². The van der Waals surface area contributed by atoms with E-state index in [2.05, 4.69) is 33.9 Å². The van der Waals surface area contributed by atoms with Gasteiger partial charge in [0.2, 0.25) is 0 Å². The number of nitrogens with zero attached hydrogens (tertiary/aromatic N) is 2. The minimum absolute atomic E-state index is 0.688. The molecule has 0 amide bonds. The van der Waals surface area contributed by atoms with Crippen molar-refractivity contribution in [2.75, 3.05) is 0 Å². The maximum absolute atomic E-state index is 4.69. The average molecular weight is 236 g/mol. The predicted octanol–water partition coefficient (Wildman–Crippen LogP) is 2.04. The number of fused-ring (bicyclic) bond motifs is 1. The summed E-state index contributed by atoms with van der Waals surface area (Å²) in [5.74, 6) is 0. The molecule has 0 aliphatic heterocycles. The Bertz CT molecular complexity index is 678. The van der Waals surface area contributed by atoms with Crippen molar-refractivity contribution >= 4 is 10.9 Å². The minimum Gasteiger partial charge on any atom is -0.353 e. The summed E-state index contributed by atoms with van der Waals surface area (Å²) < 4.78 is 0. The third kappa shape index (κ3) is 1.96. The molecule has 3 nitrogen and oxygen atoms in total. The van der Waals surface area contributed by atoms with Gasteiger partial charge >= 0.3 is 0 Å². The fourth-order valence-corrected chi connectivity index (χ4v) is 1.96. The minimum atomic E-state index is 0.688. The second-order valence-electron chi connectivity index (χ2n) is 4.18. The van der Waals surface area contributed by atoms with Gasteiger partial charge in [0.25, 0.3) is 0 Å². The highest BCUT2D eigenvalue weighted by Gasteiger charge is 2.02. The van der Waals surface area contributed by atoms with Crippen LogP contribution in [0.1, 0.15) is 5.69 Å². The molecule has 2 aromatic heterocycles. The topological polar surface area (TPSA) is 53.4 Å². The van der Waals surface area contributed by atoms with Crippen molar-refractivity contribution < 1.29 is 5.73 Å². The first-order valence-corrected chi connectivity index (χ1v) is 5.97.